The van der Waals surface area contributed by atoms with E-state index >= 15 is 0 Å². The molecule has 0 bridgehead atoms. The number of halogens is 1. The van der Waals surface area contributed by atoms with Gasteiger partial charge in [-0.25, -0.2) is 0 Å². The number of carbonyl (C=O) groups is 1. The molecule has 0 fully saturated rings. The third-order valence-corrected chi connectivity index (χ3v) is 4.67. The van der Waals surface area contributed by atoms with Crippen molar-refractivity contribution in [1.29, 1.82) is 0 Å². The molecule has 0 atom stereocenters. The average Bonchev–Trinajstić information content (AvgIpc) is 3.02. The standard InChI is InChI=1S/C22H21BrN2O3/c1-15-11-20(25(2)24-15)21(26)9-7-16-8-10-22(27-3)17(12-16)14-28-19-6-4-5-18(23)13-19/h4-13H,14H2,1-3H3/b9-7+. The van der Waals surface area contributed by atoms with Gasteiger partial charge < -0.3 is 9.47 Å². The maximum Gasteiger partial charge on any atom is 0.203 e. The first-order chi connectivity index (χ1) is 13.5. The Hall–Kier alpha value is -2.86. The molecule has 0 spiro atoms. The van der Waals surface area contributed by atoms with E-state index in [4.69, 9.17) is 9.47 Å². The van der Waals surface area contributed by atoms with Crippen molar-refractivity contribution in [2.75, 3.05) is 7.11 Å². The van der Waals surface area contributed by atoms with Crippen LogP contribution in [0.25, 0.3) is 6.08 Å². The lowest BCUT2D eigenvalue weighted by Crippen LogP contribution is -2.04. The normalized spacial score (nSPS) is 11.0. The zero-order chi connectivity index (χ0) is 20.1. The summed E-state index contributed by atoms with van der Waals surface area (Å²) < 4.78 is 13.9. The summed E-state index contributed by atoms with van der Waals surface area (Å²) in [5.74, 6) is 1.41. The van der Waals surface area contributed by atoms with E-state index in [0.29, 0.717) is 12.3 Å². The fraction of sp³-hybridized carbons (Fsp3) is 0.182. The molecule has 0 saturated heterocycles. The zero-order valence-electron chi connectivity index (χ0n) is 16.0. The van der Waals surface area contributed by atoms with Crippen LogP contribution < -0.4 is 9.47 Å². The molecule has 6 heteroatoms. The van der Waals surface area contributed by atoms with Crippen molar-refractivity contribution in [3.63, 3.8) is 0 Å². The summed E-state index contributed by atoms with van der Waals surface area (Å²) in [5.41, 5.74) is 3.16. The summed E-state index contributed by atoms with van der Waals surface area (Å²) in [4.78, 5) is 12.4. The van der Waals surface area contributed by atoms with Gasteiger partial charge in [-0.1, -0.05) is 34.1 Å². The Morgan fingerprint density at radius 3 is 2.71 bits per heavy atom. The lowest BCUT2D eigenvalue weighted by Gasteiger charge is -2.11. The van der Waals surface area contributed by atoms with Gasteiger partial charge in [-0.3, -0.25) is 9.48 Å². The zero-order valence-corrected chi connectivity index (χ0v) is 17.6. The van der Waals surface area contributed by atoms with Crippen molar-refractivity contribution >= 4 is 27.8 Å². The van der Waals surface area contributed by atoms with Crippen molar-refractivity contribution in [3.05, 3.63) is 81.6 Å². The molecule has 0 radical (unpaired) electrons. The number of ether oxygens (including phenoxy) is 2. The molecule has 0 N–H and O–H groups in total. The Morgan fingerprint density at radius 2 is 2.04 bits per heavy atom. The van der Waals surface area contributed by atoms with Crippen molar-refractivity contribution in [1.82, 2.24) is 9.78 Å². The Balaban J connectivity index is 1.76. The first-order valence-electron chi connectivity index (χ1n) is 8.74. The van der Waals surface area contributed by atoms with Crippen molar-refractivity contribution in [2.45, 2.75) is 13.5 Å². The van der Waals surface area contributed by atoms with E-state index < -0.39 is 0 Å². The maximum absolute atomic E-state index is 12.4. The smallest absolute Gasteiger partial charge is 0.203 e. The Kier molecular flexibility index (Phi) is 6.31. The van der Waals surface area contributed by atoms with Crippen LogP contribution in [0, 0.1) is 6.92 Å². The molecule has 28 heavy (non-hydrogen) atoms. The molecular weight excluding hydrogens is 420 g/mol. The number of nitrogens with zero attached hydrogens (tertiary/aromatic N) is 2. The molecule has 0 unspecified atom stereocenters. The summed E-state index contributed by atoms with van der Waals surface area (Å²) in [7, 11) is 3.39. The second-order valence-electron chi connectivity index (χ2n) is 6.31. The molecule has 0 aliphatic heterocycles. The summed E-state index contributed by atoms with van der Waals surface area (Å²) in [6, 6.07) is 15.2. The van der Waals surface area contributed by atoms with Crippen molar-refractivity contribution in [2.24, 2.45) is 7.05 Å². The lowest BCUT2D eigenvalue weighted by atomic mass is 10.1. The van der Waals surface area contributed by atoms with Crippen LogP contribution in [0.4, 0.5) is 0 Å². The Morgan fingerprint density at radius 1 is 1.21 bits per heavy atom. The summed E-state index contributed by atoms with van der Waals surface area (Å²) in [6.07, 6.45) is 3.34. The van der Waals surface area contributed by atoms with E-state index in [2.05, 4.69) is 21.0 Å². The highest BCUT2D eigenvalue weighted by Crippen LogP contribution is 2.24. The Bertz CT molecular complexity index is 1020. The Labute approximate surface area is 172 Å². The average molecular weight is 441 g/mol. The number of hydrogen-bond acceptors (Lipinski definition) is 4. The number of aromatic nitrogens is 2. The topological polar surface area (TPSA) is 53.3 Å². The van der Waals surface area contributed by atoms with Crippen LogP contribution in [-0.4, -0.2) is 22.7 Å². The van der Waals surface area contributed by atoms with Crippen LogP contribution in [-0.2, 0) is 13.7 Å². The molecule has 1 aromatic heterocycles. The number of allylic oxidation sites excluding steroid dienone is 1. The van der Waals surface area contributed by atoms with Gasteiger partial charge in [0.15, 0.2) is 0 Å². The number of rotatable bonds is 7. The van der Waals surface area contributed by atoms with Gasteiger partial charge in [0, 0.05) is 17.1 Å². The molecule has 0 saturated carbocycles. The van der Waals surface area contributed by atoms with Crippen LogP contribution in [0.15, 0.2) is 59.1 Å². The number of hydrogen-bond donors (Lipinski definition) is 0. The van der Waals surface area contributed by atoms with E-state index in [1.165, 1.54) is 0 Å². The fourth-order valence-electron chi connectivity index (χ4n) is 2.83. The summed E-state index contributed by atoms with van der Waals surface area (Å²) in [5, 5.41) is 4.21. The van der Waals surface area contributed by atoms with Crippen molar-refractivity contribution in [3.8, 4) is 11.5 Å². The molecule has 2 aromatic carbocycles. The summed E-state index contributed by atoms with van der Waals surface area (Å²) in [6.45, 7) is 2.22. The van der Waals surface area contributed by atoms with Gasteiger partial charge in [0.25, 0.3) is 0 Å². The van der Waals surface area contributed by atoms with E-state index in [1.54, 1.807) is 37.1 Å². The molecule has 3 rings (SSSR count). The highest BCUT2D eigenvalue weighted by Gasteiger charge is 2.09. The molecule has 3 aromatic rings. The molecule has 144 valence electrons. The van der Waals surface area contributed by atoms with E-state index in [1.807, 2.05) is 49.4 Å². The lowest BCUT2D eigenvalue weighted by molar-refractivity contribution is 0.103. The van der Waals surface area contributed by atoms with Crippen LogP contribution in [0.3, 0.4) is 0 Å². The van der Waals surface area contributed by atoms with E-state index in [-0.39, 0.29) is 5.78 Å². The maximum atomic E-state index is 12.4. The predicted octanol–water partition coefficient (Wildman–Crippen LogP) is 4.97. The van der Waals surface area contributed by atoms with Crippen LogP contribution >= 0.6 is 15.9 Å². The molecule has 5 nitrogen and oxygen atoms in total. The van der Waals surface area contributed by atoms with E-state index in [9.17, 15) is 4.79 Å². The van der Waals surface area contributed by atoms with Crippen LogP contribution in [0.5, 0.6) is 11.5 Å². The van der Waals surface area contributed by atoms with Gasteiger partial charge in [0.1, 0.15) is 23.8 Å². The van der Waals surface area contributed by atoms with Crippen LogP contribution in [0.1, 0.15) is 27.3 Å². The number of carbonyl (C=O) groups excluding carboxylic acids is 1. The second kappa shape index (κ2) is 8.89. The van der Waals surface area contributed by atoms with Gasteiger partial charge >= 0.3 is 0 Å². The summed E-state index contributed by atoms with van der Waals surface area (Å²) >= 11 is 3.44. The number of benzene rings is 2. The minimum Gasteiger partial charge on any atom is -0.496 e. The second-order valence-corrected chi connectivity index (χ2v) is 7.23. The van der Waals surface area contributed by atoms with Gasteiger partial charge in [0.2, 0.25) is 5.78 Å². The molecular formula is C22H21BrN2O3. The third kappa shape index (κ3) is 4.89. The highest BCUT2D eigenvalue weighted by atomic mass is 79.9. The number of aryl methyl sites for hydroxylation is 2. The quantitative estimate of drug-likeness (QED) is 0.384. The molecule has 1 heterocycles. The van der Waals surface area contributed by atoms with Gasteiger partial charge in [-0.2, -0.15) is 5.10 Å². The number of methoxy groups -OCH3 is 1. The van der Waals surface area contributed by atoms with E-state index in [0.717, 1.165) is 32.8 Å². The third-order valence-electron chi connectivity index (χ3n) is 4.18. The molecule has 0 aliphatic carbocycles. The number of ketones is 1. The predicted molar refractivity (Wildman–Crippen MR) is 113 cm³/mol. The fourth-order valence-corrected chi connectivity index (χ4v) is 3.21. The first-order valence-corrected chi connectivity index (χ1v) is 9.54. The SMILES string of the molecule is COc1ccc(/C=C/C(=O)c2cc(C)nn2C)cc1COc1cccc(Br)c1. The monoisotopic (exact) mass is 440 g/mol. The largest absolute Gasteiger partial charge is 0.496 e. The van der Waals surface area contributed by atoms with Crippen LogP contribution in [0.2, 0.25) is 0 Å². The van der Waals surface area contributed by atoms with Gasteiger partial charge in [-0.05, 0) is 55.0 Å². The molecule has 0 amide bonds. The highest BCUT2D eigenvalue weighted by molar-refractivity contribution is 9.10. The van der Waals surface area contributed by atoms with Gasteiger partial charge in [-0.15, -0.1) is 0 Å². The minimum atomic E-state index is -0.0918. The van der Waals surface area contributed by atoms with Crippen molar-refractivity contribution < 1.29 is 14.3 Å². The van der Waals surface area contributed by atoms with Gasteiger partial charge in [0.05, 0.1) is 12.8 Å². The first kappa shape index (κ1) is 19.9. The molecule has 0 aliphatic rings. The minimum absolute atomic E-state index is 0.0918.